The van der Waals surface area contributed by atoms with Crippen LogP contribution in [-0.2, 0) is 9.53 Å². The van der Waals surface area contributed by atoms with Gasteiger partial charge in [0.25, 0.3) is 0 Å². The third-order valence-corrected chi connectivity index (χ3v) is 3.52. The number of nitrogens with zero attached hydrogens (tertiary/aromatic N) is 1. The summed E-state index contributed by atoms with van der Waals surface area (Å²) in [5.41, 5.74) is 0. The number of rotatable bonds is 7. The molecule has 19 heavy (non-hydrogen) atoms. The van der Waals surface area contributed by atoms with Crippen LogP contribution in [0.4, 0.5) is 4.79 Å². The van der Waals surface area contributed by atoms with Gasteiger partial charge in [-0.15, -0.1) is 0 Å². The van der Waals surface area contributed by atoms with Crippen molar-refractivity contribution in [3.05, 3.63) is 0 Å². The highest BCUT2D eigenvalue weighted by Crippen LogP contribution is 2.29. The van der Waals surface area contributed by atoms with Gasteiger partial charge in [0.1, 0.15) is 6.54 Å². The first-order valence-electron chi connectivity index (χ1n) is 6.76. The van der Waals surface area contributed by atoms with Gasteiger partial charge in [-0.1, -0.05) is 13.3 Å². The zero-order chi connectivity index (χ0) is 14.3. The van der Waals surface area contributed by atoms with Crippen LogP contribution in [0.2, 0.25) is 0 Å². The number of methoxy groups -OCH3 is 1. The molecule has 0 radical (unpaired) electrons. The molecular weight excluding hydrogens is 248 g/mol. The Morgan fingerprint density at radius 3 is 2.68 bits per heavy atom. The maximum atomic E-state index is 11.9. The van der Waals surface area contributed by atoms with E-state index >= 15 is 0 Å². The molecule has 110 valence electrons. The Morgan fingerprint density at radius 1 is 1.42 bits per heavy atom. The minimum absolute atomic E-state index is 0.287. The molecule has 2 unspecified atom stereocenters. The zero-order valence-corrected chi connectivity index (χ0v) is 11.7. The van der Waals surface area contributed by atoms with Gasteiger partial charge in [0.15, 0.2) is 0 Å². The third kappa shape index (κ3) is 5.92. The number of carbonyl (C=O) groups excluding carboxylic acids is 1. The van der Waals surface area contributed by atoms with Crippen LogP contribution in [0.25, 0.3) is 0 Å². The van der Waals surface area contributed by atoms with Crippen molar-refractivity contribution in [2.45, 2.75) is 26.2 Å². The summed E-state index contributed by atoms with van der Waals surface area (Å²) in [5, 5.41) is 11.6. The maximum absolute atomic E-state index is 11.9. The molecule has 0 aromatic carbocycles. The van der Waals surface area contributed by atoms with Crippen LogP contribution in [0, 0.1) is 11.8 Å². The summed E-state index contributed by atoms with van der Waals surface area (Å²) < 4.78 is 4.88. The fourth-order valence-electron chi connectivity index (χ4n) is 2.47. The van der Waals surface area contributed by atoms with Crippen molar-refractivity contribution >= 4 is 12.0 Å². The molecule has 0 bridgehead atoms. The number of ether oxygens (including phenoxy) is 1. The molecular formula is C13H24N2O4. The van der Waals surface area contributed by atoms with Crippen molar-refractivity contribution in [2.24, 2.45) is 11.8 Å². The van der Waals surface area contributed by atoms with E-state index in [0.717, 1.165) is 18.8 Å². The monoisotopic (exact) mass is 272 g/mol. The number of carbonyl (C=O) groups is 2. The molecule has 0 aliphatic heterocycles. The van der Waals surface area contributed by atoms with Crippen LogP contribution in [0.3, 0.4) is 0 Å². The molecule has 6 nitrogen and oxygen atoms in total. The lowest BCUT2D eigenvalue weighted by Crippen LogP contribution is -2.45. The molecule has 1 fully saturated rings. The van der Waals surface area contributed by atoms with Gasteiger partial charge in [0.05, 0.1) is 6.61 Å². The Morgan fingerprint density at radius 2 is 2.16 bits per heavy atom. The Balaban J connectivity index is 2.35. The van der Waals surface area contributed by atoms with E-state index < -0.39 is 5.97 Å². The molecule has 0 aromatic heterocycles. The molecule has 0 saturated heterocycles. The molecule has 1 aliphatic carbocycles. The van der Waals surface area contributed by atoms with Gasteiger partial charge in [-0.25, -0.2) is 4.79 Å². The van der Waals surface area contributed by atoms with E-state index in [1.54, 1.807) is 0 Å². The van der Waals surface area contributed by atoms with Gasteiger partial charge in [-0.05, 0) is 24.7 Å². The molecule has 6 heteroatoms. The smallest absolute Gasteiger partial charge is 0.323 e. The first-order valence-corrected chi connectivity index (χ1v) is 6.76. The van der Waals surface area contributed by atoms with Gasteiger partial charge >= 0.3 is 12.0 Å². The number of hydrogen-bond donors (Lipinski definition) is 2. The summed E-state index contributed by atoms with van der Waals surface area (Å²) in [6.45, 7) is 3.18. The van der Waals surface area contributed by atoms with Crippen LogP contribution in [0.1, 0.15) is 26.2 Å². The Labute approximate surface area is 114 Å². The number of aliphatic carboxylic acids is 1. The summed E-state index contributed by atoms with van der Waals surface area (Å²) in [4.78, 5) is 23.9. The van der Waals surface area contributed by atoms with Gasteiger partial charge in [-0.3, -0.25) is 4.79 Å². The van der Waals surface area contributed by atoms with Crippen LogP contribution in [0.15, 0.2) is 0 Å². The molecule has 2 atom stereocenters. The predicted octanol–water partition coefficient (Wildman–Crippen LogP) is 1.17. The quantitative estimate of drug-likeness (QED) is 0.729. The largest absolute Gasteiger partial charge is 0.480 e. The van der Waals surface area contributed by atoms with Crippen molar-refractivity contribution in [2.75, 3.05) is 33.4 Å². The molecule has 0 spiro atoms. The standard InChI is InChI=1S/C13H24N2O4/c1-10-3-4-11(7-10)8-14-13(18)15(5-6-19-2)9-12(16)17/h10-11H,3-9H2,1-2H3,(H,14,18)(H,16,17). The van der Waals surface area contributed by atoms with Gasteiger partial charge in [-0.2, -0.15) is 0 Å². The van der Waals surface area contributed by atoms with E-state index in [1.165, 1.54) is 18.4 Å². The average molecular weight is 272 g/mol. The SMILES string of the molecule is COCCN(CC(=O)O)C(=O)NCC1CCC(C)C1. The third-order valence-electron chi connectivity index (χ3n) is 3.52. The van der Waals surface area contributed by atoms with E-state index in [2.05, 4.69) is 12.2 Å². The lowest BCUT2D eigenvalue weighted by Gasteiger charge is -2.22. The van der Waals surface area contributed by atoms with E-state index in [9.17, 15) is 9.59 Å². The zero-order valence-electron chi connectivity index (χ0n) is 11.7. The van der Waals surface area contributed by atoms with Gasteiger partial charge in [0.2, 0.25) is 0 Å². The number of urea groups is 1. The summed E-state index contributed by atoms with van der Waals surface area (Å²) in [6.07, 6.45) is 3.48. The summed E-state index contributed by atoms with van der Waals surface area (Å²) >= 11 is 0. The second kappa shape index (κ2) is 7.99. The van der Waals surface area contributed by atoms with Crippen molar-refractivity contribution in [3.63, 3.8) is 0 Å². The van der Waals surface area contributed by atoms with Crippen LogP contribution >= 0.6 is 0 Å². The van der Waals surface area contributed by atoms with Crippen molar-refractivity contribution in [1.82, 2.24) is 10.2 Å². The second-order valence-electron chi connectivity index (χ2n) is 5.28. The predicted molar refractivity (Wildman–Crippen MR) is 71.0 cm³/mol. The molecule has 2 amide bonds. The second-order valence-corrected chi connectivity index (χ2v) is 5.28. The fraction of sp³-hybridized carbons (Fsp3) is 0.846. The fourth-order valence-corrected chi connectivity index (χ4v) is 2.47. The summed E-state index contributed by atoms with van der Waals surface area (Å²) in [7, 11) is 1.52. The topological polar surface area (TPSA) is 78.9 Å². The molecule has 1 saturated carbocycles. The number of carboxylic acids is 1. The number of hydrogen-bond acceptors (Lipinski definition) is 3. The minimum Gasteiger partial charge on any atom is -0.480 e. The molecule has 2 N–H and O–H groups in total. The Hall–Kier alpha value is -1.30. The van der Waals surface area contributed by atoms with Gasteiger partial charge < -0.3 is 20.1 Å². The highest BCUT2D eigenvalue weighted by Gasteiger charge is 2.23. The van der Waals surface area contributed by atoms with E-state index in [1.807, 2.05) is 0 Å². The van der Waals surface area contributed by atoms with Crippen molar-refractivity contribution < 1.29 is 19.4 Å². The minimum atomic E-state index is -1.01. The number of carboxylic acid groups (broad SMARTS) is 1. The van der Waals surface area contributed by atoms with E-state index in [-0.39, 0.29) is 19.1 Å². The van der Waals surface area contributed by atoms with Crippen LogP contribution < -0.4 is 5.32 Å². The maximum Gasteiger partial charge on any atom is 0.323 e. The van der Waals surface area contributed by atoms with Crippen LogP contribution in [0.5, 0.6) is 0 Å². The number of amides is 2. The van der Waals surface area contributed by atoms with E-state index in [4.69, 9.17) is 9.84 Å². The van der Waals surface area contributed by atoms with Crippen LogP contribution in [-0.4, -0.2) is 55.4 Å². The molecule has 1 rings (SSSR count). The molecule has 0 heterocycles. The lowest BCUT2D eigenvalue weighted by atomic mass is 10.1. The highest BCUT2D eigenvalue weighted by molar-refractivity contribution is 5.80. The Kier molecular flexibility index (Phi) is 6.62. The van der Waals surface area contributed by atoms with Crippen molar-refractivity contribution in [1.29, 1.82) is 0 Å². The molecule has 1 aliphatic rings. The normalized spacial score (nSPS) is 22.2. The first-order chi connectivity index (χ1) is 9.02. The summed E-state index contributed by atoms with van der Waals surface area (Å²) in [5.74, 6) is 0.235. The average Bonchev–Trinajstić information content (AvgIpc) is 2.77. The van der Waals surface area contributed by atoms with Gasteiger partial charge in [0, 0.05) is 20.2 Å². The molecule has 0 aromatic rings. The first kappa shape index (κ1) is 15.8. The highest BCUT2D eigenvalue weighted by atomic mass is 16.5. The van der Waals surface area contributed by atoms with E-state index in [0.29, 0.717) is 19.1 Å². The number of nitrogens with one attached hydrogen (secondary N) is 1. The lowest BCUT2D eigenvalue weighted by molar-refractivity contribution is -0.137. The Bertz CT molecular complexity index is 309. The van der Waals surface area contributed by atoms with Crippen molar-refractivity contribution in [3.8, 4) is 0 Å². The summed E-state index contributed by atoms with van der Waals surface area (Å²) in [6, 6.07) is -0.320.